The van der Waals surface area contributed by atoms with Crippen LogP contribution in [0.25, 0.3) is 0 Å². The van der Waals surface area contributed by atoms with Crippen molar-refractivity contribution in [3.05, 3.63) is 17.7 Å². The number of imidazole rings is 1. The van der Waals surface area contributed by atoms with E-state index in [9.17, 15) is 5.11 Å². The lowest BCUT2D eigenvalue weighted by Crippen LogP contribution is -2.41. The minimum Gasteiger partial charge on any atom is -0.390 e. The summed E-state index contributed by atoms with van der Waals surface area (Å²) in [7, 11) is 0. The number of rotatable bonds is 1. The molecule has 18 heavy (non-hydrogen) atoms. The van der Waals surface area contributed by atoms with Crippen molar-refractivity contribution in [3.8, 4) is 0 Å². The van der Waals surface area contributed by atoms with E-state index >= 15 is 0 Å². The van der Waals surface area contributed by atoms with Crippen molar-refractivity contribution in [2.24, 2.45) is 5.41 Å². The first-order chi connectivity index (χ1) is 8.59. The summed E-state index contributed by atoms with van der Waals surface area (Å²) in [4.78, 5) is 4.57. The zero-order chi connectivity index (χ0) is 12.8. The number of aliphatic hydroxyl groups excluding tert-OH is 1. The summed E-state index contributed by atoms with van der Waals surface area (Å²) in [6.45, 7) is 4.38. The predicted molar refractivity (Wildman–Crippen MR) is 71.5 cm³/mol. The Bertz CT molecular complexity index is 436. The molecule has 3 heteroatoms. The van der Waals surface area contributed by atoms with E-state index in [-0.39, 0.29) is 17.6 Å². The Hall–Kier alpha value is -0.830. The minimum absolute atomic E-state index is 0.0364. The van der Waals surface area contributed by atoms with Crippen LogP contribution in [-0.2, 0) is 12.8 Å². The van der Waals surface area contributed by atoms with Crippen LogP contribution in [0.15, 0.2) is 6.33 Å². The summed E-state index contributed by atoms with van der Waals surface area (Å²) in [6.07, 6.45) is 9.95. The standard InChI is InChI=1S/C15H24N2O/c1-15(2)9-5-8-13(14(15)18)17-10-16-11-6-3-4-7-12(11)17/h10,13-14,18H,3-9H2,1-2H3. The van der Waals surface area contributed by atoms with Crippen LogP contribution in [-0.4, -0.2) is 20.8 Å². The van der Waals surface area contributed by atoms with Crippen molar-refractivity contribution in [3.63, 3.8) is 0 Å². The lowest BCUT2D eigenvalue weighted by Gasteiger charge is -2.42. The molecule has 100 valence electrons. The smallest absolute Gasteiger partial charge is 0.0955 e. The number of hydrogen-bond acceptors (Lipinski definition) is 2. The number of nitrogens with zero attached hydrogens (tertiary/aromatic N) is 2. The van der Waals surface area contributed by atoms with Gasteiger partial charge in [0.05, 0.1) is 24.2 Å². The summed E-state index contributed by atoms with van der Waals surface area (Å²) in [6, 6.07) is 0.239. The Kier molecular flexibility index (Phi) is 2.97. The van der Waals surface area contributed by atoms with Gasteiger partial charge in [0, 0.05) is 5.69 Å². The highest BCUT2D eigenvalue weighted by molar-refractivity contribution is 5.18. The van der Waals surface area contributed by atoms with E-state index in [1.54, 1.807) is 0 Å². The van der Waals surface area contributed by atoms with Crippen molar-refractivity contribution in [2.75, 3.05) is 0 Å². The molecule has 1 aromatic heterocycles. The number of aryl methyl sites for hydroxylation is 1. The van der Waals surface area contributed by atoms with Crippen molar-refractivity contribution in [2.45, 2.75) is 70.9 Å². The largest absolute Gasteiger partial charge is 0.390 e. The monoisotopic (exact) mass is 248 g/mol. The van der Waals surface area contributed by atoms with E-state index in [1.165, 1.54) is 30.7 Å². The molecule has 0 aromatic carbocycles. The van der Waals surface area contributed by atoms with Gasteiger partial charge in [-0.1, -0.05) is 20.3 Å². The third-order valence-corrected chi connectivity index (χ3v) is 4.90. The quantitative estimate of drug-likeness (QED) is 0.830. The van der Waals surface area contributed by atoms with Gasteiger partial charge in [-0.25, -0.2) is 4.98 Å². The molecule has 3 rings (SSSR count). The molecule has 2 unspecified atom stereocenters. The third kappa shape index (κ3) is 1.89. The Labute approximate surface area is 109 Å². The molecular formula is C15H24N2O. The summed E-state index contributed by atoms with van der Waals surface area (Å²) in [5, 5.41) is 10.6. The lowest BCUT2D eigenvalue weighted by atomic mass is 9.72. The molecule has 2 aliphatic carbocycles. The molecule has 0 saturated heterocycles. The zero-order valence-corrected chi connectivity index (χ0v) is 11.5. The van der Waals surface area contributed by atoms with Crippen molar-refractivity contribution in [1.29, 1.82) is 0 Å². The fraction of sp³-hybridized carbons (Fsp3) is 0.800. The number of hydrogen-bond donors (Lipinski definition) is 1. The molecule has 1 aromatic rings. The van der Waals surface area contributed by atoms with Crippen molar-refractivity contribution in [1.82, 2.24) is 9.55 Å². The van der Waals surface area contributed by atoms with Gasteiger partial charge in [-0.3, -0.25) is 0 Å². The summed E-state index contributed by atoms with van der Waals surface area (Å²) in [5.74, 6) is 0. The molecular weight excluding hydrogens is 224 g/mol. The van der Waals surface area contributed by atoms with Gasteiger partial charge in [0.15, 0.2) is 0 Å². The molecule has 2 aliphatic rings. The fourth-order valence-electron chi connectivity index (χ4n) is 3.66. The normalized spacial score (nSPS) is 31.1. The maximum Gasteiger partial charge on any atom is 0.0955 e. The molecule has 1 saturated carbocycles. The lowest BCUT2D eigenvalue weighted by molar-refractivity contribution is -0.0270. The van der Waals surface area contributed by atoms with Gasteiger partial charge < -0.3 is 9.67 Å². The maximum absolute atomic E-state index is 10.6. The summed E-state index contributed by atoms with van der Waals surface area (Å²) < 4.78 is 2.29. The molecule has 3 nitrogen and oxygen atoms in total. The Morgan fingerprint density at radius 1 is 1.28 bits per heavy atom. The first-order valence-corrected chi connectivity index (χ1v) is 7.32. The molecule has 2 atom stereocenters. The van der Waals surface area contributed by atoms with Crippen LogP contribution < -0.4 is 0 Å². The summed E-state index contributed by atoms with van der Waals surface area (Å²) >= 11 is 0. The van der Waals surface area contributed by atoms with Gasteiger partial charge in [0.25, 0.3) is 0 Å². The molecule has 0 aliphatic heterocycles. The molecule has 0 bridgehead atoms. The van der Waals surface area contributed by atoms with E-state index in [4.69, 9.17) is 0 Å². The first kappa shape index (κ1) is 12.2. The Balaban J connectivity index is 1.92. The zero-order valence-electron chi connectivity index (χ0n) is 11.5. The van der Waals surface area contributed by atoms with Gasteiger partial charge in [-0.05, 0) is 43.9 Å². The van der Waals surface area contributed by atoms with Crippen LogP contribution in [0.3, 0.4) is 0 Å². The second-order valence-corrected chi connectivity index (χ2v) is 6.65. The van der Waals surface area contributed by atoms with Gasteiger partial charge in [0.2, 0.25) is 0 Å². The second kappa shape index (κ2) is 4.37. The Morgan fingerprint density at radius 3 is 2.89 bits per heavy atom. The Morgan fingerprint density at radius 2 is 2.06 bits per heavy atom. The molecule has 0 spiro atoms. The van der Waals surface area contributed by atoms with Crippen LogP contribution in [0.1, 0.15) is 63.4 Å². The van der Waals surface area contributed by atoms with E-state index in [1.807, 2.05) is 6.33 Å². The minimum atomic E-state index is -0.244. The van der Waals surface area contributed by atoms with Gasteiger partial charge in [-0.15, -0.1) is 0 Å². The van der Waals surface area contributed by atoms with Crippen LogP contribution in [0.2, 0.25) is 0 Å². The van der Waals surface area contributed by atoms with Crippen LogP contribution >= 0.6 is 0 Å². The molecule has 0 amide bonds. The van der Waals surface area contributed by atoms with Crippen LogP contribution in [0.4, 0.5) is 0 Å². The average molecular weight is 248 g/mol. The molecule has 1 fully saturated rings. The highest BCUT2D eigenvalue weighted by Gasteiger charge is 2.39. The second-order valence-electron chi connectivity index (χ2n) is 6.65. The van der Waals surface area contributed by atoms with Crippen LogP contribution in [0, 0.1) is 5.41 Å². The van der Waals surface area contributed by atoms with Crippen molar-refractivity contribution >= 4 is 0 Å². The first-order valence-electron chi connectivity index (χ1n) is 7.32. The van der Waals surface area contributed by atoms with Crippen LogP contribution in [0.5, 0.6) is 0 Å². The number of aromatic nitrogens is 2. The molecule has 1 heterocycles. The van der Waals surface area contributed by atoms with E-state index in [2.05, 4.69) is 23.4 Å². The average Bonchev–Trinajstić information content (AvgIpc) is 2.76. The molecule has 0 radical (unpaired) electrons. The summed E-state index contributed by atoms with van der Waals surface area (Å²) in [5.41, 5.74) is 2.70. The highest BCUT2D eigenvalue weighted by Crippen LogP contribution is 2.42. The van der Waals surface area contributed by atoms with E-state index < -0.39 is 0 Å². The van der Waals surface area contributed by atoms with Gasteiger partial charge in [0.1, 0.15) is 0 Å². The fourth-order valence-corrected chi connectivity index (χ4v) is 3.66. The highest BCUT2D eigenvalue weighted by atomic mass is 16.3. The molecule has 1 N–H and O–H groups in total. The number of aliphatic hydroxyl groups is 1. The maximum atomic E-state index is 10.6. The van der Waals surface area contributed by atoms with Crippen molar-refractivity contribution < 1.29 is 5.11 Å². The van der Waals surface area contributed by atoms with E-state index in [0.717, 1.165) is 25.7 Å². The predicted octanol–water partition coefficient (Wildman–Crippen LogP) is 2.87. The topological polar surface area (TPSA) is 38.0 Å². The number of fused-ring (bicyclic) bond motifs is 1. The third-order valence-electron chi connectivity index (χ3n) is 4.90. The van der Waals surface area contributed by atoms with Gasteiger partial charge >= 0.3 is 0 Å². The van der Waals surface area contributed by atoms with Gasteiger partial charge in [-0.2, -0.15) is 0 Å². The SMILES string of the molecule is CC1(C)CCCC(n2cnc3c2CCCC3)C1O. The van der Waals surface area contributed by atoms with E-state index in [0.29, 0.717) is 0 Å².